The molecule has 0 amide bonds. The standard InChI is InChI=1S/C16H26Cl2N/c1-4-9-19(10-5-2,11-6-3)13-14-7-8-15(17)12-16(14)18/h7-8,12H,4-6,9-11,13H2,1-3H3/q+1. The van der Waals surface area contributed by atoms with Crippen molar-refractivity contribution in [3.05, 3.63) is 33.8 Å². The molecule has 0 aliphatic rings. The molecule has 1 aromatic carbocycles. The Labute approximate surface area is 128 Å². The average Bonchev–Trinajstić information content (AvgIpc) is 2.34. The van der Waals surface area contributed by atoms with E-state index in [4.69, 9.17) is 23.2 Å². The van der Waals surface area contributed by atoms with Crippen molar-refractivity contribution in [2.24, 2.45) is 0 Å². The summed E-state index contributed by atoms with van der Waals surface area (Å²) in [5, 5.41) is 1.52. The smallest absolute Gasteiger partial charge is 0.106 e. The van der Waals surface area contributed by atoms with Gasteiger partial charge in [-0.2, -0.15) is 0 Å². The van der Waals surface area contributed by atoms with Gasteiger partial charge in [-0.15, -0.1) is 0 Å². The molecule has 0 spiro atoms. The van der Waals surface area contributed by atoms with Crippen molar-refractivity contribution < 1.29 is 4.48 Å². The van der Waals surface area contributed by atoms with Gasteiger partial charge in [0, 0.05) is 10.6 Å². The number of benzene rings is 1. The third-order valence-corrected chi connectivity index (χ3v) is 4.20. The van der Waals surface area contributed by atoms with E-state index in [-0.39, 0.29) is 0 Å². The molecule has 0 saturated heterocycles. The highest BCUT2D eigenvalue weighted by molar-refractivity contribution is 6.35. The van der Waals surface area contributed by atoms with Crippen molar-refractivity contribution in [3.63, 3.8) is 0 Å². The van der Waals surface area contributed by atoms with E-state index in [1.54, 1.807) is 0 Å². The third kappa shape index (κ3) is 4.98. The molecule has 0 heterocycles. The molecule has 0 atom stereocenters. The Bertz CT molecular complexity index is 373. The van der Waals surface area contributed by atoms with Crippen LogP contribution >= 0.6 is 23.2 Å². The summed E-state index contributed by atoms with van der Waals surface area (Å²) >= 11 is 12.3. The van der Waals surface area contributed by atoms with Crippen molar-refractivity contribution in [2.45, 2.75) is 46.6 Å². The quantitative estimate of drug-likeness (QED) is 0.553. The van der Waals surface area contributed by atoms with E-state index in [9.17, 15) is 0 Å². The number of hydrogen-bond acceptors (Lipinski definition) is 0. The van der Waals surface area contributed by atoms with Crippen LogP contribution in [0.25, 0.3) is 0 Å². The molecule has 0 aliphatic carbocycles. The Kier molecular flexibility index (Phi) is 7.20. The lowest BCUT2D eigenvalue weighted by Gasteiger charge is -2.38. The monoisotopic (exact) mass is 302 g/mol. The highest BCUT2D eigenvalue weighted by Crippen LogP contribution is 2.26. The van der Waals surface area contributed by atoms with E-state index in [0.29, 0.717) is 5.02 Å². The molecular formula is C16H26Cl2N+. The van der Waals surface area contributed by atoms with Crippen LogP contribution in [0.4, 0.5) is 0 Å². The minimum atomic E-state index is 0.716. The van der Waals surface area contributed by atoms with Crippen LogP contribution in [0.15, 0.2) is 18.2 Å². The fourth-order valence-electron chi connectivity index (χ4n) is 3.01. The van der Waals surface area contributed by atoms with Gasteiger partial charge in [0.25, 0.3) is 0 Å². The Hall–Kier alpha value is -0.240. The van der Waals surface area contributed by atoms with E-state index < -0.39 is 0 Å². The summed E-state index contributed by atoms with van der Waals surface area (Å²) in [5.74, 6) is 0. The fraction of sp³-hybridized carbons (Fsp3) is 0.625. The second kappa shape index (κ2) is 8.14. The number of quaternary nitrogens is 1. The molecule has 1 nitrogen and oxygen atoms in total. The van der Waals surface area contributed by atoms with Crippen molar-refractivity contribution in [1.82, 2.24) is 0 Å². The zero-order valence-electron chi connectivity index (χ0n) is 12.4. The van der Waals surface area contributed by atoms with Crippen LogP contribution in [0.5, 0.6) is 0 Å². The van der Waals surface area contributed by atoms with Crippen molar-refractivity contribution in [1.29, 1.82) is 0 Å². The molecule has 0 unspecified atom stereocenters. The third-order valence-electron chi connectivity index (χ3n) is 3.61. The summed E-state index contributed by atoms with van der Waals surface area (Å²) < 4.78 is 1.14. The summed E-state index contributed by atoms with van der Waals surface area (Å²) in [6.45, 7) is 11.5. The number of rotatable bonds is 8. The van der Waals surface area contributed by atoms with E-state index in [2.05, 4.69) is 26.8 Å². The Morgan fingerprint density at radius 1 is 0.895 bits per heavy atom. The average molecular weight is 303 g/mol. The van der Waals surface area contributed by atoms with Crippen molar-refractivity contribution in [3.8, 4) is 0 Å². The van der Waals surface area contributed by atoms with Gasteiger partial charge in [0.05, 0.1) is 24.7 Å². The van der Waals surface area contributed by atoms with Crippen LogP contribution in [0, 0.1) is 0 Å². The molecule has 0 bridgehead atoms. The van der Waals surface area contributed by atoms with E-state index in [1.165, 1.54) is 44.5 Å². The molecule has 1 aromatic rings. The molecule has 1 rings (SSSR count). The number of nitrogens with zero attached hydrogens (tertiary/aromatic N) is 1. The maximum Gasteiger partial charge on any atom is 0.106 e. The minimum absolute atomic E-state index is 0.716. The summed E-state index contributed by atoms with van der Waals surface area (Å²) in [7, 11) is 0. The first-order valence-corrected chi connectivity index (χ1v) is 8.11. The Balaban J connectivity index is 2.97. The molecule has 0 saturated carbocycles. The van der Waals surface area contributed by atoms with Crippen LogP contribution in [-0.2, 0) is 6.54 Å². The van der Waals surface area contributed by atoms with E-state index >= 15 is 0 Å². The van der Waals surface area contributed by atoms with Crippen LogP contribution in [0.1, 0.15) is 45.6 Å². The molecule has 3 heteroatoms. The topological polar surface area (TPSA) is 0 Å². The summed E-state index contributed by atoms with van der Waals surface area (Å²) in [6.07, 6.45) is 3.64. The first-order chi connectivity index (χ1) is 9.06. The van der Waals surface area contributed by atoms with E-state index in [0.717, 1.165) is 16.1 Å². The molecule has 0 fully saturated rings. The normalized spacial score (nSPS) is 11.8. The first-order valence-electron chi connectivity index (χ1n) is 7.36. The molecule has 0 aromatic heterocycles. The van der Waals surface area contributed by atoms with Gasteiger partial charge in [0.2, 0.25) is 0 Å². The molecule has 0 aliphatic heterocycles. The zero-order valence-corrected chi connectivity index (χ0v) is 13.9. The maximum absolute atomic E-state index is 6.34. The maximum atomic E-state index is 6.34. The van der Waals surface area contributed by atoms with Gasteiger partial charge < -0.3 is 4.48 Å². The summed E-state index contributed by atoms with van der Waals surface area (Å²) in [4.78, 5) is 0. The van der Waals surface area contributed by atoms with Crippen molar-refractivity contribution in [2.75, 3.05) is 19.6 Å². The van der Waals surface area contributed by atoms with Gasteiger partial charge in [0.15, 0.2) is 0 Å². The molecular weight excluding hydrogens is 277 g/mol. The molecule has 0 N–H and O–H groups in total. The molecule has 108 valence electrons. The Morgan fingerprint density at radius 2 is 1.42 bits per heavy atom. The van der Waals surface area contributed by atoms with Gasteiger partial charge in [-0.1, -0.05) is 50.0 Å². The van der Waals surface area contributed by atoms with Crippen LogP contribution in [0.2, 0.25) is 10.0 Å². The largest absolute Gasteiger partial charge is 0.320 e. The summed E-state index contributed by atoms with van der Waals surface area (Å²) in [6, 6.07) is 5.89. The van der Waals surface area contributed by atoms with Crippen LogP contribution in [-0.4, -0.2) is 24.1 Å². The van der Waals surface area contributed by atoms with Crippen LogP contribution < -0.4 is 0 Å². The highest BCUT2D eigenvalue weighted by Gasteiger charge is 2.26. The van der Waals surface area contributed by atoms with Gasteiger partial charge in [-0.25, -0.2) is 0 Å². The molecule has 19 heavy (non-hydrogen) atoms. The predicted octanol–water partition coefficient (Wildman–Crippen LogP) is 5.54. The minimum Gasteiger partial charge on any atom is -0.320 e. The van der Waals surface area contributed by atoms with Crippen LogP contribution in [0.3, 0.4) is 0 Å². The lowest BCUT2D eigenvalue weighted by molar-refractivity contribution is -0.941. The lowest BCUT2D eigenvalue weighted by atomic mass is 10.1. The van der Waals surface area contributed by atoms with Crippen molar-refractivity contribution >= 4 is 23.2 Å². The van der Waals surface area contributed by atoms with E-state index in [1.807, 2.05) is 12.1 Å². The molecule has 0 radical (unpaired) electrons. The Morgan fingerprint density at radius 3 is 1.84 bits per heavy atom. The first kappa shape index (κ1) is 16.8. The fourth-order valence-corrected chi connectivity index (χ4v) is 3.48. The number of halogens is 2. The predicted molar refractivity (Wildman–Crippen MR) is 85.9 cm³/mol. The van der Waals surface area contributed by atoms with Gasteiger partial charge in [0.1, 0.15) is 6.54 Å². The second-order valence-electron chi connectivity index (χ2n) is 5.41. The summed E-state index contributed by atoms with van der Waals surface area (Å²) in [5.41, 5.74) is 1.22. The SMILES string of the molecule is CCC[N+](CCC)(CCC)Cc1ccc(Cl)cc1Cl. The van der Waals surface area contributed by atoms with Gasteiger partial charge >= 0.3 is 0 Å². The zero-order chi connectivity index (χ0) is 14.3. The highest BCUT2D eigenvalue weighted by atomic mass is 35.5. The van der Waals surface area contributed by atoms with Gasteiger partial charge in [-0.3, -0.25) is 0 Å². The second-order valence-corrected chi connectivity index (χ2v) is 6.25. The lowest BCUT2D eigenvalue weighted by Crippen LogP contribution is -2.49. The van der Waals surface area contributed by atoms with Gasteiger partial charge in [-0.05, 0) is 31.4 Å². The number of hydrogen-bond donors (Lipinski definition) is 0.